The van der Waals surface area contributed by atoms with E-state index in [-0.39, 0.29) is 30.0 Å². The van der Waals surface area contributed by atoms with Gasteiger partial charge in [0.15, 0.2) is 11.6 Å². The van der Waals surface area contributed by atoms with Crippen molar-refractivity contribution in [3.8, 4) is 0 Å². The van der Waals surface area contributed by atoms with Crippen molar-refractivity contribution in [1.29, 1.82) is 0 Å². The summed E-state index contributed by atoms with van der Waals surface area (Å²) in [6.45, 7) is 5.68. The molecule has 0 amide bonds. The Morgan fingerprint density at radius 1 is 0.848 bits per heavy atom. The third kappa shape index (κ3) is 10.4. The fraction of sp³-hybridized carbons (Fsp3) is 0.821. The van der Waals surface area contributed by atoms with E-state index in [1.165, 1.54) is 84.2 Å². The first-order valence-electron chi connectivity index (χ1n) is 13.3. The minimum atomic E-state index is -1.21. The van der Waals surface area contributed by atoms with Crippen LogP contribution in [0.3, 0.4) is 0 Å². The zero-order chi connectivity index (χ0) is 24.7. The van der Waals surface area contributed by atoms with E-state index in [0.717, 1.165) is 12.8 Å². The molecule has 0 fully saturated rings. The van der Waals surface area contributed by atoms with Gasteiger partial charge in [0.1, 0.15) is 11.7 Å². The molecule has 5 heteroatoms. The van der Waals surface area contributed by atoms with Crippen molar-refractivity contribution in [2.45, 2.75) is 130 Å². The molecule has 1 aliphatic rings. The standard InChI is InChI=1S/C28H48O5/c1-5-6-7-8-9-10-11-12-13-14-15-16-17-18-19-20-22(29)24-23(30)21-28(2,3)25(26(24)31)27(32)33-4/h24,31H,5-21H2,1-4H3. The molecule has 33 heavy (non-hydrogen) atoms. The Hall–Kier alpha value is -1.65. The number of aliphatic hydroxyl groups excluding tert-OH is 1. The normalized spacial score (nSPS) is 17.9. The summed E-state index contributed by atoms with van der Waals surface area (Å²) in [5.74, 6) is -2.89. The van der Waals surface area contributed by atoms with Crippen LogP contribution in [0.1, 0.15) is 130 Å². The van der Waals surface area contributed by atoms with E-state index < -0.39 is 23.1 Å². The van der Waals surface area contributed by atoms with Gasteiger partial charge in [0.05, 0.1) is 12.7 Å². The quantitative estimate of drug-likeness (QED) is 0.130. The first-order chi connectivity index (χ1) is 15.8. The molecule has 0 radical (unpaired) electrons. The number of carbonyl (C=O) groups is 3. The second-order valence-electron chi connectivity index (χ2n) is 10.4. The summed E-state index contributed by atoms with van der Waals surface area (Å²) in [6, 6.07) is 0. The van der Waals surface area contributed by atoms with Gasteiger partial charge in [-0.15, -0.1) is 0 Å². The molecule has 0 saturated heterocycles. The van der Waals surface area contributed by atoms with Gasteiger partial charge in [-0.1, -0.05) is 111 Å². The lowest BCUT2D eigenvalue weighted by Gasteiger charge is -2.33. The van der Waals surface area contributed by atoms with Crippen LogP contribution in [0.25, 0.3) is 0 Å². The SMILES string of the molecule is CCCCCCCCCCCCCCCCCC(=O)C1C(=O)CC(C)(C)C(C(=O)OC)=C1O. The zero-order valence-electron chi connectivity index (χ0n) is 21.7. The van der Waals surface area contributed by atoms with E-state index in [4.69, 9.17) is 4.74 Å². The van der Waals surface area contributed by atoms with Crippen molar-refractivity contribution in [2.75, 3.05) is 7.11 Å². The number of hydrogen-bond acceptors (Lipinski definition) is 5. The average Bonchev–Trinajstić information content (AvgIpc) is 2.75. The highest BCUT2D eigenvalue weighted by Gasteiger charge is 2.46. The summed E-state index contributed by atoms with van der Waals surface area (Å²) in [5.41, 5.74) is -0.779. The van der Waals surface area contributed by atoms with E-state index in [2.05, 4.69) is 6.92 Å². The van der Waals surface area contributed by atoms with Crippen LogP contribution >= 0.6 is 0 Å². The number of ketones is 2. The van der Waals surface area contributed by atoms with E-state index in [0.29, 0.717) is 6.42 Å². The van der Waals surface area contributed by atoms with Crippen molar-refractivity contribution in [3.63, 3.8) is 0 Å². The summed E-state index contributed by atoms with van der Waals surface area (Å²) < 4.78 is 4.77. The number of rotatable bonds is 18. The predicted molar refractivity (Wildman–Crippen MR) is 133 cm³/mol. The van der Waals surface area contributed by atoms with Crippen LogP contribution < -0.4 is 0 Å². The first kappa shape index (κ1) is 29.4. The molecular weight excluding hydrogens is 416 g/mol. The highest BCUT2D eigenvalue weighted by atomic mass is 16.5. The molecule has 1 N–H and O–H groups in total. The van der Waals surface area contributed by atoms with Gasteiger partial charge in [0.25, 0.3) is 0 Å². The Labute approximate surface area is 201 Å². The molecule has 0 heterocycles. The van der Waals surface area contributed by atoms with Crippen LogP contribution in [-0.4, -0.2) is 29.8 Å². The first-order valence-corrected chi connectivity index (χ1v) is 13.3. The number of Topliss-reactive ketones (excluding diaryl/α,β-unsaturated/α-hetero) is 2. The van der Waals surface area contributed by atoms with Crippen molar-refractivity contribution >= 4 is 17.5 Å². The minimum Gasteiger partial charge on any atom is -0.510 e. The highest BCUT2D eigenvalue weighted by molar-refractivity contribution is 6.08. The molecule has 1 unspecified atom stereocenters. The lowest BCUT2D eigenvalue weighted by Crippen LogP contribution is -2.40. The molecular formula is C28H48O5. The van der Waals surface area contributed by atoms with Crippen LogP contribution in [-0.2, 0) is 19.1 Å². The van der Waals surface area contributed by atoms with Crippen LogP contribution in [0.4, 0.5) is 0 Å². The average molecular weight is 465 g/mol. The summed E-state index contributed by atoms with van der Waals surface area (Å²) in [5, 5.41) is 10.6. The summed E-state index contributed by atoms with van der Waals surface area (Å²) in [4.78, 5) is 37.3. The molecule has 190 valence electrons. The summed E-state index contributed by atoms with van der Waals surface area (Å²) in [6.07, 6.45) is 19.0. The van der Waals surface area contributed by atoms with Crippen molar-refractivity contribution < 1.29 is 24.2 Å². The topological polar surface area (TPSA) is 80.7 Å². The Morgan fingerprint density at radius 2 is 1.27 bits per heavy atom. The smallest absolute Gasteiger partial charge is 0.337 e. The maximum atomic E-state index is 12.7. The third-order valence-corrected chi connectivity index (χ3v) is 6.88. The van der Waals surface area contributed by atoms with Crippen molar-refractivity contribution in [3.05, 3.63) is 11.3 Å². The van der Waals surface area contributed by atoms with Crippen LogP contribution in [0.15, 0.2) is 11.3 Å². The van der Waals surface area contributed by atoms with Crippen molar-refractivity contribution in [2.24, 2.45) is 11.3 Å². The fourth-order valence-corrected chi connectivity index (χ4v) is 4.90. The number of esters is 1. The Morgan fingerprint density at radius 3 is 1.70 bits per heavy atom. The van der Waals surface area contributed by atoms with Gasteiger partial charge < -0.3 is 9.84 Å². The van der Waals surface area contributed by atoms with Gasteiger partial charge in [-0.3, -0.25) is 9.59 Å². The maximum Gasteiger partial charge on any atom is 0.337 e. The van der Waals surface area contributed by atoms with Gasteiger partial charge in [-0.2, -0.15) is 0 Å². The molecule has 1 rings (SSSR count). The molecule has 0 aromatic carbocycles. The minimum absolute atomic E-state index is 0.0523. The van der Waals surface area contributed by atoms with Crippen LogP contribution in [0, 0.1) is 11.3 Å². The van der Waals surface area contributed by atoms with E-state index in [1.54, 1.807) is 13.8 Å². The molecule has 1 atom stereocenters. The van der Waals surface area contributed by atoms with Gasteiger partial charge >= 0.3 is 5.97 Å². The number of methoxy groups -OCH3 is 1. The molecule has 5 nitrogen and oxygen atoms in total. The van der Waals surface area contributed by atoms with Crippen molar-refractivity contribution in [1.82, 2.24) is 0 Å². The van der Waals surface area contributed by atoms with E-state index >= 15 is 0 Å². The number of hydrogen-bond donors (Lipinski definition) is 1. The second-order valence-corrected chi connectivity index (χ2v) is 10.4. The monoisotopic (exact) mass is 464 g/mol. The maximum absolute atomic E-state index is 12.7. The Balaban J connectivity index is 2.20. The number of carbonyl (C=O) groups excluding carboxylic acids is 3. The van der Waals surface area contributed by atoms with Gasteiger partial charge in [0.2, 0.25) is 0 Å². The number of ether oxygens (including phenoxy) is 1. The molecule has 0 saturated carbocycles. The fourth-order valence-electron chi connectivity index (χ4n) is 4.90. The van der Waals surface area contributed by atoms with Crippen LogP contribution in [0.2, 0.25) is 0 Å². The highest BCUT2D eigenvalue weighted by Crippen LogP contribution is 2.41. The largest absolute Gasteiger partial charge is 0.510 e. The van der Waals surface area contributed by atoms with Gasteiger partial charge in [0, 0.05) is 18.3 Å². The van der Waals surface area contributed by atoms with E-state index in [1.807, 2.05) is 0 Å². The van der Waals surface area contributed by atoms with Crippen LogP contribution in [0.5, 0.6) is 0 Å². The predicted octanol–water partition coefficient (Wildman–Crippen LogP) is 7.42. The molecule has 0 spiro atoms. The molecule has 0 aromatic rings. The molecule has 0 aliphatic heterocycles. The number of allylic oxidation sites excluding steroid dienone is 1. The molecule has 0 aromatic heterocycles. The zero-order valence-corrected chi connectivity index (χ0v) is 21.7. The summed E-state index contributed by atoms with van der Waals surface area (Å²) in [7, 11) is 1.24. The van der Waals surface area contributed by atoms with E-state index in [9.17, 15) is 19.5 Å². The second kappa shape index (κ2) is 16.1. The molecule has 0 bridgehead atoms. The lowest BCUT2D eigenvalue weighted by molar-refractivity contribution is -0.139. The third-order valence-electron chi connectivity index (χ3n) is 6.88. The lowest BCUT2D eigenvalue weighted by atomic mass is 9.69. The molecule has 1 aliphatic carbocycles. The number of aliphatic hydroxyl groups is 1. The van der Waals surface area contributed by atoms with Gasteiger partial charge in [-0.25, -0.2) is 4.79 Å². The Kier molecular flexibility index (Phi) is 14.3. The Bertz CT molecular complexity index is 647. The number of unbranched alkanes of at least 4 members (excludes halogenated alkanes) is 14. The summed E-state index contributed by atoms with van der Waals surface area (Å²) >= 11 is 0. The van der Waals surface area contributed by atoms with Gasteiger partial charge in [-0.05, 0) is 6.42 Å².